The average molecular weight is 358 g/mol. The fourth-order valence-corrected chi connectivity index (χ4v) is 3.51. The van der Waals surface area contributed by atoms with Gasteiger partial charge in [0.25, 0.3) is 5.91 Å². The van der Waals surface area contributed by atoms with Gasteiger partial charge in [0.2, 0.25) is 10.0 Å². The summed E-state index contributed by atoms with van der Waals surface area (Å²) >= 11 is 0. The van der Waals surface area contributed by atoms with Crippen molar-refractivity contribution in [1.29, 1.82) is 0 Å². The number of hydrogen-bond donors (Lipinski definition) is 1. The van der Waals surface area contributed by atoms with Gasteiger partial charge in [0.05, 0.1) is 11.3 Å². The topological polar surface area (TPSA) is 81.1 Å². The van der Waals surface area contributed by atoms with Gasteiger partial charge in [0.1, 0.15) is 0 Å². The second-order valence-electron chi connectivity index (χ2n) is 8.75. The van der Waals surface area contributed by atoms with Crippen LogP contribution in [0.3, 0.4) is 0 Å². The zero-order valence-corrected chi connectivity index (χ0v) is 16.9. The van der Waals surface area contributed by atoms with Crippen molar-refractivity contribution in [2.75, 3.05) is 5.75 Å². The first-order chi connectivity index (χ1) is 10.6. The Labute approximate surface area is 146 Å². The molecule has 0 aliphatic carbocycles. The van der Waals surface area contributed by atoms with Crippen LogP contribution in [0.2, 0.25) is 0 Å². The molecular formula is C17H31N3O3S. The number of nitrogens with one attached hydrogen (secondary N) is 1. The largest absolute Gasteiger partial charge is 0.285 e. The van der Waals surface area contributed by atoms with Gasteiger partial charge in [-0.1, -0.05) is 34.6 Å². The number of nitrogens with zero attached hydrogens (tertiary/aromatic N) is 2. The highest BCUT2D eigenvalue weighted by Gasteiger charge is 2.26. The predicted octanol–water partition coefficient (Wildman–Crippen LogP) is 3.26. The molecule has 0 saturated carbocycles. The van der Waals surface area contributed by atoms with Gasteiger partial charge in [0.15, 0.2) is 5.69 Å². The highest BCUT2D eigenvalue weighted by molar-refractivity contribution is 7.90. The van der Waals surface area contributed by atoms with Crippen LogP contribution in [0, 0.1) is 5.41 Å². The first kappa shape index (κ1) is 20.7. The summed E-state index contributed by atoms with van der Waals surface area (Å²) in [5, 5.41) is 4.34. The summed E-state index contributed by atoms with van der Waals surface area (Å²) in [6.45, 7) is 15.9. The van der Waals surface area contributed by atoms with E-state index in [1.807, 2.05) is 55.4 Å². The van der Waals surface area contributed by atoms with Crippen LogP contribution in [0.1, 0.15) is 83.9 Å². The summed E-state index contributed by atoms with van der Waals surface area (Å²) in [5.41, 5.74) is 0.632. The van der Waals surface area contributed by atoms with Crippen LogP contribution >= 0.6 is 0 Å². The molecular weight excluding hydrogens is 326 g/mol. The van der Waals surface area contributed by atoms with Gasteiger partial charge in [-0.15, -0.1) is 0 Å². The molecule has 0 aliphatic rings. The van der Waals surface area contributed by atoms with Crippen molar-refractivity contribution in [2.45, 2.75) is 73.3 Å². The Balaban J connectivity index is 3.00. The van der Waals surface area contributed by atoms with Crippen molar-refractivity contribution in [3.05, 3.63) is 17.5 Å². The van der Waals surface area contributed by atoms with E-state index in [0.29, 0.717) is 6.42 Å². The quantitative estimate of drug-likeness (QED) is 0.877. The lowest BCUT2D eigenvalue weighted by Crippen LogP contribution is -2.34. The predicted molar refractivity (Wildman–Crippen MR) is 96.6 cm³/mol. The molecule has 0 bridgehead atoms. The molecule has 1 N–H and O–H groups in total. The van der Waals surface area contributed by atoms with Crippen LogP contribution in [0.5, 0.6) is 0 Å². The van der Waals surface area contributed by atoms with Gasteiger partial charge >= 0.3 is 0 Å². The van der Waals surface area contributed by atoms with E-state index in [-0.39, 0.29) is 28.3 Å². The lowest BCUT2D eigenvalue weighted by Gasteiger charge is -2.23. The molecule has 0 aromatic carbocycles. The van der Waals surface area contributed by atoms with E-state index in [1.165, 1.54) is 0 Å². The van der Waals surface area contributed by atoms with Gasteiger partial charge in [0, 0.05) is 5.69 Å². The van der Waals surface area contributed by atoms with Crippen LogP contribution < -0.4 is 4.72 Å². The Morgan fingerprint density at radius 1 is 1.21 bits per heavy atom. The first-order valence-corrected chi connectivity index (χ1v) is 9.93. The number of carbonyl (C=O) groups excluding carboxylic acids is 1. The molecule has 7 heteroatoms. The van der Waals surface area contributed by atoms with E-state index < -0.39 is 15.9 Å². The van der Waals surface area contributed by atoms with Gasteiger partial charge in [-0.3, -0.25) is 9.48 Å². The van der Waals surface area contributed by atoms with Gasteiger partial charge < -0.3 is 0 Å². The van der Waals surface area contributed by atoms with Gasteiger partial charge in [-0.25, -0.2) is 13.1 Å². The Morgan fingerprint density at radius 3 is 2.12 bits per heavy atom. The van der Waals surface area contributed by atoms with Crippen LogP contribution in [0.25, 0.3) is 0 Å². The van der Waals surface area contributed by atoms with Gasteiger partial charge in [-0.05, 0) is 44.6 Å². The summed E-state index contributed by atoms with van der Waals surface area (Å²) in [6.07, 6.45) is 0.475. The van der Waals surface area contributed by atoms with E-state index in [9.17, 15) is 13.2 Å². The van der Waals surface area contributed by atoms with Crippen molar-refractivity contribution in [3.8, 4) is 0 Å². The Hall–Kier alpha value is -1.37. The second-order valence-corrected chi connectivity index (χ2v) is 10.6. The Morgan fingerprint density at radius 2 is 1.75 bits per heavy atom. The summed E-state index contributed by atoms with van der Waals surface area (Å²) < 4.78 is 28.2. The van der Waals surface area contributed by atoms with Gasteiger partial charge in [-0.2, -0.15) is 5.10 Å². The van der Waals surface area contributed by atoms with Crippen LogP contribution in [0.4, 0.5) is 0 Å². The molecule has 0 fully saturated rings. The first-order valence-electron chi connectivity index (χ1n) is 8.28. The smallest absolute Gasteiger partial charge is 0.266 e. The highest BCUT2D eigenvalue weighted by atomic mass is 32.2. The van der Waals surface area contributed by atoms with E-state index >= 15 is 0 Å². The normalized spacial score (nSPS) is 13.4. The highest BCUT2D eigenvalue weighted by Crippen LogP contribution is 2.24. The van der Waals surface area contributed by atoms with E-state index in [4.69, 9.17) is 0 Å². The molecule has 0 radical (unpaired) electrons. The lowest BCUT2D eigenvalue weighted by molar-refractivity contribution is 0.0975. The molecule has 138 valence electrons. The minimum Gasteiger partial charge on any atom is -0.266 e. The molecule has 0 aliphatic heterocycles. The minimum atomic E-state index is -3.67. The fourth-order valence-electron chi connectivity index (χ4n) is 2.14. The maximum Gasteiger partial charge on any atom is 0.285 e. The van der Waals surface area contributed by atoms with Crippen molar-refractivity contribution < 1.29 is 13.2 Å². The molecule has 1 aromatic rings. The van der Waals surface area contributed by atoms with Crippen LogP contribution in [-0.2, 0) is 15.6 Å². The summed E-state index contributed by atoms with van der Waals surface area (Å²) in [6, 6.07) is 1.67. The third-order valence-electron chi connectivity index (χ3n) is 3.57. The number of carbonyl (C=O) groups is 1. The van der Waals surface area contributed by atoms with Crippen molar-refractivity contribution in [1.82, 2.24) is 14.5 Å². The SMILES string of the molecule is CC(C)c1cc(C(=O)NS(=O)(=O)CCC(C)(C)C)nn1C(C)(C)C. The molecule has 0 unspecified atom stereocenters. The molecule has 24 heavy (non-hydrogen) atoms. The number of aromatic nitrogens is 2. The number of sulfonamides is 1. The molecule has 0 atom stereocenters. The number of hydrogen-bond acceptors (Lipinski definition) is 4. The maximum atomic E-state index is 12.3. The van der Waals surface area contributed by atoms with E-state index in [1.54, 1.807) is 10.7 Å². The van der Waals surface area contributed by atoms with Crippen molar-refractivity contribution in [3.63, 3.8) is 0 Å². The third kappa shape index (κ3) is 5.92. The summed E-state index contributed by atoms with van der Waals surface area (Å²) in [5.74, 6) is -0.580. The number of rotatable bonds is 5. The van der Waals surface area contributed by atoms with Crippen LogP contribution in [0.15, 0.2) is 6.07 Å². The fraction of sp³-hybridized carbons (Fsp3) is 0.765. The molecule has 1 amide bonds. The van der Waals surface area contributed by atoms with Crippen LogP contribution in [-0.4, -0.2) is 29.9 Å². The lowest BCUT2D eigenvalue weighted by atomic mass is 9.94. The van der Waals surface area contributed by atoms with E-state index in [2.05, 4.69) is 9.82 Å². The van der Waals surface area contributed by atoms with Crippen molar-refractivity contribution >= 4 is 15.9 Å². The van der Waals surface area contributed by atoms with E-state index in [0.717, 1.165) is 5.69 Å². The molecule has 6 nitrogen and oxygen atoms in total. The zero-order valence-electron chi connectivity index (χ0n) is 16.1. The standard InChI is InChI=1S/C17H31N3O3S/c1-12(2)14-11-13(18-20(14)17(6,7)8)15(21)19-24(22,23)10-9-16(3,4)5/h11-12H,9-10H2,1-8H3,(H,19,21). The number of amides is 1. The zero-order chi connectivity index (χ0) is 18.9. The average Bonchev–Trinajstić information content (AvgIpc) is 2.80. The van der Waals surface area contributed by atoms with Crippen molar-refractivity contribution in [2.24, 2.45) is 5.41 Å². The minimum absolute atomic E-state index is 0.0841. The summed E-state index contributed by atoms with van der Waals surface area (Å²) in [4.78, 5) is 12.3. The molecule has 1 aromatic heterocycles. The maximum absolute atomic E-state index is 12.3. The molecule has 1 heterocycles. The molecule has 1 rings (SSSR count). The Kier molecular flexibility index (Phi) is 5.91. The summed E-state index contributed by atoms with van der Waals surface area (Å²) in [7, 11) is -3.67. The second kappa shape index (κ2) is 6.86. The molecule has 0 spiro atoms. The third-order valence-corrected chi connectivity index (χ3v) is 4.80. The monoisotopic (exact) mass is 357 g/mol. The Bertz CT molecular complexity index is 690. The molecule has 0 saturated heterocycles.